The minimum Gasteiger partial charge on any atom is -0.496 e. The first-order valence-corrected chi connectivity index (χ1v) is 11.2. The Bertz CT molecular complexity index is 1050. The quantitative estimate of drug-likeness (QED) is 0.764. The summed E-state index contributed by atoms with van der Waals surface area (Å²) >= 11 is 0. The van der Waals surface area contributed by atoms with Gasteiger partial charge in [-0.3, -0.25) is 4.79 Å². The number of amides is 1. The van der Waals surface area contributed by atoms with Crippen LogP contribution < -0.4 is 10.1 Å². The zero-order chi connectivity index (χ0) is 21.7. The van der Waals surface area contributed by atoms with Gasteiger partial charge in [0.05, 0.1) is 24.5 Å². The second-order valence-electron chi connectivity index (χ2n) is 7.33. The van der Waals surface area contributed by atoms with Gasteiger partial charge in [0.2, 0.25) is 15.9 Å². The molecule has 1 fully saturated rings. The normalized spacial score (nSPS) is 15.4. The van der Waals surface area contributed by atoms with Gasteiger partial charge in [0.1, 0.15) is 5.75 Å². The Labute approximate surface area is 177 Å². The predicted octanol–water partition coefficient (Wildman–Crippen LogP) is 3.11. The van der Waals surface area contributed by atoms with Gasteiger partial charge in [-0.15, -0.1) is 0 Å². The van der Waals surface area contributed by atoms with Crippen LogP contribution in [0.2, 0.25) is 0 Å². The lowest BCUT2D eigenvalue weighted by Gasteiger charge is -2.30. The maximum atomic E-state index is 13.0. The highest BCUT2D eigenvalue weighted by atomic mass is 32.2. The van der Waals surface area contributed by atoms with Crippen LogP contribution in [-0.4, -0.2) is 38.8 Å². The Kier molecular flexibility index (Phi) is 6.75. The number of nitriles is 1. The summed E-state index contributed by atoms with van der Waals surface area (Å²) in [4.78, 5) is 12.8. The number of piperidine rings is 1. The molecule has 0 radical (unpaired) electrons. The Hall–Kier alpha value is -2.89. The molecule has 7 nitrogen and oxygen atoms in total. The fourth-order valence-corrected chi connectivity index (χ4v) is 5.12. The maximum Gasteiger partial charge on any atom is 0.243 e. The van der Waals surface area contributed by atoms with E-state index < -0.39 is 10.0 Å². The largest absolute Gasteiger partial charge is 0.496 e. The summed E-state index contributed by atoms with van der Waals surface area (Å²) in [6.45, 7) is 2.40. The van der Waals surface area contributed by atoms with Gasteiger partial charge in [-0.1, -0.05) is 12.1 Å². The molecule has 158 valence electrons. The smallest absolute Gasteiger partial charge is 0.243 e. The van der Waals surface area contributed by atoms with E-state index in [-0.39, 0.29) is 16.7 Å². The summed E-state index contributed by atoms with van der Waals surface area (Å²) in [6.07, 6.45) is 1.26. The van der Waals surface area contributed by atoms with Gasteiger partial charge in [0, 0.05) is 24.7 Å². The molecule has 1 saturated heterocycles. The lowest BCUT2D eigenvalue weighted by molar-refractivity contribution is -0.120. The van der Waals surface area contributed by atoms with Crippen molar-refractivity contribution < 1.29 is 17.9 Å². The molecular formula is C22H25N3O4S. The van der Waals surface area contributed by atoms with Crippen molar-refractivity contribution in [3.63, 3.8) is 0 Å². The third-order valence-corrected chi connectivity index (χ3v) is 7.23. The number of hydrogen-bond acceptors (Lipinski definition) is 5. The van der Waals surface area contributed by atoms with E-state index in [0.717, 1.165) is 11.1 Å². The highest BCUT2D eigenvalue weighted by Gasteiger charge is 2.32. The first-order chi connectivity index (χ1) is 14.3. The van der Waals surface area contributed by atoms with Crippen molar-refractivity contribution in [3.05, 3.63) is 53.6 Å². The summed E-state index contributed by atoms with van der Waals surface area (Å²) in [7, 11) is -2.06. The third kappa shape index (κ3) is 4.81. The molecule has 2 aromatic rings. The zero-order valence-electron chi connectivity index (χ0n) is 17.1. The minimum atomic E-state index is -3.61. The highest BCUT2D eigenvalue weighted by Crippen LogP contribution is 2.27. The van der Waals surface area contributed by atoms with Crippen LogP contribution in [0.3, 0.4) is 0 Å². The molecule has 2 aromatic carbocycles. The highest BCUT2D eigenvalue weighted by molar-refractivity contribution is 7.89. The topological polar surface area (TPSA) is 99.5 Å². The van der Waals surface area contributed by atoms with Gasteiger partial charge >= 0.3 is 0 Å². The minimum absolute atomic E-state index is 0.111. The number of sulfonamides is 1. The van der Waals surface area contributed by atoms with E-state index in [9.17, 15) is 13.2 Å². The first-order valence-electron chi connectivity index (χ1n) is 9.76. The van der Waals surface area contributed by atoms with Crippen LogP contribution in [0.4, 0.5) is 5.69 Å². The molecular weight excluding hydrogens is 402 g/mol. The number of aryl methyl sites for hydroxylation is 1. The molecule has 0 spiro atoms. The van der Waals surface area contributed by atoms with Gasteiger partial charge in [0.25, 0.3) is 0 Å². The summed E-state index contributed by atoms with van der Waals surface area (Å²) in [5.74, 6) is 0.290. The Morgan fingerprint density at radius 2 is 1.87 bits per heavy atom. The number of carbonyl (C=O) groups excluding carboxylic acids is 1. The van der Waals surface area contributed by atoms with Crippen molar-refractivity contribution in [2.45, 2.75) is 31.1 Å². The van der Waals surface area contributed by atoms with Gasteiger partial charge in [-0.05, 0) is 61.2 Å². The number of methoxy groups -OCH3 is 1. The van der Waals surface area contributed by atoms with Crippen LogP contribution in [0.5, 0.6) is 5.75 Å². The van der Waals surface area contributed by atoms with E-state index in [2.05, 4.69) is 11.4 Å². The van der Waals surface area contributed by atoms with E-state index in [1.54, 1.807) is 44.4 Å². The third-order valence-electron chi connectivity index (χ3n) is 5.33. The van der Waals surface area contributed by atoms with Crippen molar-refractivity contribution >= 4 is 21.6 Å². The Morgan fingerprint density at radius 3 is 2.43 bits per heavy atom. The number of benzene rings is 2. The molecule has 0 unspecified atom stereocenters. The van der Waals surface area contributed by atoms with Crippen molar-refractivity contribution in [2.24, 2.45) is 5.92 Å². The monoisotopic (exact) mass is 427 g/mol. The molecule has 3 rings (SSSR count). The van der Waals surface area contributed by atoms with Crippen LogP contribution in [0.15, 0.2) is 47.4 Å². The average Bonchev–Trinajstić information content (AvgIpc) is 2.75. The fourth-order valence-electron chi connectivity index (χ4n) is 3.56. The summed E-state index contributed by atoms with van der Waals surface area (Å²) in [5, 5.41) is 11.6. The van der Waals surface area contributed by atoms with Crippen molar-refractivity contribution in [1.29, 1.82) is 5.26 Å². The standard InChI is InChI=1S/C22H25N3O4S/c1-16-15-20(7-8-21(16)29-2)30(27,28)25-13-10-18(11-14-25)22(26)24-19-5-3-17(4-6-19)9-12-23/h3-8,15,18H,9-11,13-14H2,1-2H3,(H,24,26). The van der Waals surface area contributed by atoms with Crippen LogP contribution in [0.1, 0.15) is 24.0 Å². The van der Waals surface area contributed by atoms with Gasteiger partial charge in [-0.2, -0.15) is 9.57 Å². The summed E-state index contributed by atoms with van der Waals surface area (Å²) in [5.41, 5.74) is 2.32. The van der Waals surface area contributed by atoms with Gasteiger partial charge < -0.3 is 10.1 Å². The number of ether oxygens (including phenoxy) is 1. The molecule has 0 bridgehead atoms. The molecule has 8 heteroatoms. The molecule has 1 amide bonds. The lowest BCUT2D eigenvalue weighted by Crippen LogP contribution is -2.41. The molecule has 0 saturated carbocycles. The molecule has 1 aliphatic rings. The van der Waals surface area contributed by atoms with Crippen LogP contribution in [0.25, 0.3) is 0 Å². The number of rotatable bonds is 6. The number of carbonyl (C=O) groups is 1. The number of nitrogens with one attached hydrogen (secondary N) is 1. The predicted molar refractivity (Wildman–Crippen MR) is 114 cm³/mol. The van der Waals surface area contributed by atoms with Crippen LogP contribution >= 0.6 is 0 Å². The van der Waals surface area contributed by atoms with E-state index >= 15 is 0 Å². The van der Waals surface area contributed by atoms with Gasteiger partial charge in [0.15, 0.2) is 0 Å². The van der Waals surface area contributed by atoms with E-state index in [1.165, 1.54) is 4.31 Å². The summed E-state index contributed by atoms with van der Waals surface area (Å²) < 4.78 is 32.5. The zero-order valence-corrected chi connectivity index (χ0v) is 17.9. The maximum absolute atomic E-state index is 13.0. The molecule has 1 N–H and O–H groups in total. The molecule has 0 atom stereocenters. The van der Waals surface area contributed by atoms with E-state index in [1.807, 2.05) is 12.1 Å². The lowest BCUT2D eigenvalue weighted by atomic mass is 9.97. The number of hydrogen-bond donors (Lipinski definition) is 1. The van der Waals surface area contributed by atoms with Gasteiger partial charge in [-0.25, -0.2) is 8.42 Å². The molecule has 1 heterocycles. The second-order valence-corrected chi connectivity index (χ2v) is 9.27. The van der Waals surface area contributed by atoms with Crippen LogP contribution in [0, 0.1) is 24.2 Å². The molecule has 0 aromatic heterocycles. The summed E-state index contributed by atoms with van der Waals surface area (Å²) in [6, 6.07) is 14.1. The van der Waals surface area contributed by atoms with E-state index in [0.29, 0.717) is 43.8 Å². The Morgan fingerprint density at radius 1 is 1.20 bits per heavy atom. The fraction of sp³-hybridized carbons (Fsp3) is 0.364. The molecule has 1 aliphatic heterocycles. The number of anilines is 1. The average molecular weight is 428 g/mol. The number of nitrogens with zero attached hydrogens (tertiary/aromatic N) is 2. The van der Waals surface area contributed by atoms with Crippen molar-refractivity contribution in [1.82, 2.24) is 4.31 Å². The van der Waals surface area contributed by atoms with Crippen molar-refractivity contribution in [3.8, 4) is 11.8 Å². The Balaban J connectivity index is 1.60. The first kappa shape index (κ1) is 21.8. The van der Waals surface area contributed by atoms with E-state index in [4.69, 9.17) is 10.00 Å². The van der Waals surface area contributed by atoms with Crippen molar-refractivity contribution in [2.75, 3.05) is 25.5 Å². The SMILES string of the molecule is COc1ccc(S(=O)(=O)N2CCC(C(=O)Nc3ccc(CC#N)cc3)CC2)cc1C. The molecule has 0 aliphatic carbocycles. The van der Waals surface area contributed by atoms with Crippen LogP contribution in [-0.2, 0) is 21.2 Å². The second kappa shape index (κ2) is 9.28. The molecule has 30 heavy (non-hydrogen) atoms.